The normalized spacial score (nSPS) is 33.9. The predicted molar refractivity (Wildman–Crippen MR) is 62.8 cm³/mol. The molecule has 1 N–H and O–H groups in total. The molecular formula is C13H23N. The molecule has 1 rings (SSSR count). The van der Waals surface area contributed by atoms with E-state index in [1.54, 1.807) is 6.20 Å². The van der Waals surface area contributed by atoms with Crippen molar-refractivity contribution < 1.29 is 0 Å². The van der Waals surface area contributed by atoms with Gasteiger partial charge in [-0.15, -0.1) is 0 Å². The van der Waals surface area contributed by atoms with Crippen molar-refractivity contribution in [1.29, 1.82) is 0 Å². The van der Waals surface area contributed by atoms with Crippen LogP contribution in [0.3, 0.4) is 0 Å². The van der Waals surface area contributed by atoms with Crippen LogP contribution in [0, 0.1) is 17.8 Å². The third kappa shape index (κ3) is 2.63. The average molecular weight is 193 g/mol. The van der Waals surface area contributed by atoms with Gasteiger partial charge in [0.2, 0.25) is 0 Å². The van der Waals surface area contributed by atoms with Gasteiger partial charge >= 0.3 is 0 Å². The Morgan fingerprint density at radius 1 is 1.29 bits per heavy atom. The summed E-state index contributed by atoms with van der Waals surface area (Å²) in [5.41, 5.74) is 1.36. The summed E-state index contributed by atoms with van der Waals surface area (Å²) >= 11 is 0. The van der Waals surface area contributed by atoms with E-state index >= 15 is 0 Å². The first-order chi connectivity index (χ1) is 6.69. The molecule has 1 nitrogen and oxygen atoms in total. The molecule has 1 heteroatoms. The van der Waals surface area contributed by atoms with E-state index in [4.69, 9.17) is 0 Å². The van der Waals surface area contributed by atoms with Crippen LogP contribution in [0.2, 0.25) is 0 Å². The van der Waals surface area contributed by atoms with E-state index in [-0.39, 0.29) is 0 Å². The second-order valence-electron chi connectivity index (χ2n) is 4.56. The molecule has 0 radical (unpaired) electrons. The van der Waals surface area contributed by atoms with Crippen molar-refractivity contribution in [1.82, 2.24) is 5.32 Å². The van der Waals surface area contributed by atoms with Gasteiger partial charge in [0.25, 0.3) is 0 Å². The Bertz CT molecular complexity index is 217. The van der Waals surface area contributed by atoms with Crippen LogP contribution in [0.5, 0.6) is 0 Å². The van der Waals surface area contributed by atoms with Crippen molar-refractivity contribution in [3.05, 3.63) is 24.6 Å². The minimum Gasteiger partial charge on any atom is -0.366 e. The molecule has 3 unspecified atom stereocenters. The van der Waals surface area contributed by atoms with Crippen molar-refractivity contribution in [2.75, 3.05) is 0 Å². The van der Waals surface area contributed by atoms with E-state index in [1.807, 2.05) is 0 Å². The van der Waals surface area contributed by atoms with Crippen LogP contribution in [0.4, 0.5) is 0 Å². The lowest BCUT2D eigenvalue weighted by Crippen LogP contribution is -2.25. The molecule has 0 saturated heterocycles. The van der Waals surface area contributed by atoms with Gasteiger partial charge in [0.1, 0.15) is 0 Å². The quantitative estimate of drug-likeness (QED) is 0.720. The fourth-order valence-electron chi connectivity index (χ4n) is 2.38. The molecule has 0 bridgehead atoms. The summed E-state index contributed by atoms with van der Waals surface area (Å²) < 4.78 is 0. The van der Waals surface area contributed by atoms with Crippen LogP contribution in [-0.4, -0.2) is 0 Å². The minimum absolute atomic E-state index is 0.726. The van der Waals surface area contributed by atoms with Crippen LogP contribution in [-0.2, 0) is 0 Å². The van der Waals surface area contributed by atoms with E-state index in [1.165, 1.54) is 25.0 Å². The average Bonchev–Trinajstić information content (AvgIpc) is 2.19. The second-order valence-corrected chi connectivity index (χ2v) is 4.56. The van der Waals surface area contributed by atoms with Crippen molar-refractivity contribution in [2.24, 2.45) is 17.8 Å². The highest BCUT2D eigenvalue weighted by molar-refractivity contribution is 5.07. The van der Waals surface area contributed by atoms with Crippen molar-refractivity contribution in [2.45, 2.75) is 40.0 Å². The summed E-state index contributed by atoms with van der Waals surface area (Å²) in [6.07, 6.45) is 7.99. The molecule has 0 aromatic carbocycles. The predicted octanol–water partition coefficient (Wildman–Crippen LogP) is 3.70. The van der Waals surface area contributed by atoms with Gasteiger partial charge in [0, 0.05) is 5.70 Å². The molecule has 3 atom stereocenters. The number of hydrogen-bond acceptors (Lipinski definition) is 1. The Labute approximate surface area is 88.3 Å². The van der Waals surface area contributed by atoms with Gasteiger partial charge < -0.3 is 5.32 Å². The number of hydrogen-bond donors (Lipinski definition) is 1. The maximum Gasteiger partial charge on any atom is 0.0134 e. The van der Waals surface area contributed by atoms with E-state index in [2.05, 4.69) is 38.7 Å². The van der Waals surface area contributed by atoms with E-state index in [0.29, 0.717) is 0 Å². The third-order valence-electron chi connectivity index (χ3n) is 3.62. The lowest BCUT2D eigenvalue weighted by Gasteiger charge is -2.33. The largest absolute Gasteiger partial charge is 0.366 e. The maximum atomic E-state index is 3.73. The standard InChI is InChI=1S/C13H23N/c1-5-13(14-6-2)12-8-7-10(3)11(4)9-12/h5-6,10-12,14H,2,7-9H2,1,3-4H3/b13-5-. The molecule has 0 aliphatic heterocycles. The topological polar surface area (TPSA) is 12.0 Å². The minimum atomic E-state index is 0.726. The molecule has 0 amide bonds. The van der Waals surface area contributed by atoms with Crippen molar-refractivity contribution in [3.8, 4) is 0 Å². The summed E-state index contributed by atoms with van der Waals surface area (Å²) in [5, 5.41) is 3.26. The van der Waals surface area contributed by atoms with Crippen LogP contribution in [0.1, 0.15) is 40.0 Å². The Morgan fingerprint density at radius 2 is 2.00 bits per heavy atom. The molecule has 80 valence electrons. The maximum absolute atomic E-state index is 3.73. The van der Waals surface area contributed by atoms with Gasteiger partial charge in [0.15, 0.2) is 0 Å². The summed E-state index contributed by atoms with van der Waals surface area (Å²) in [4.78, 5) is 0. The van der Waals surface area contributed by atoms with Gasteiger partial charge in [0.05, 0.1) is 0 Å². The van der Waals surface area contributed by atoms with Crippen molar-refractivity contribution >= 4 is 0 Å². The molecule has 0 aromatic rings. The molecule has 0 spiro atoms. The fraction of sp³-hybridized carbons (Fsp3) is 0.692. The molecule has 0 heterocycles. The number of nitrogens with one attached hydrogen (secondary N) is 1. The van der Waals surface area contributed by atoms with E-state index in [0.717, 1.165) is 17.8 Å². The Morgan fingerprint density at radius 3 is 2.50 bits per heavy atom. The molecular weight excluding hydrogens is 170 g/mol. The molecule has 1 fully saturated rings. The number of rotatable bonds is 3. The lowest BCUT2D eigenvalue weighted by atomic mass is 9.74. The first-order valence-corrected chi connectivity index (χ1v) is 5.72. The van der Waals surface area contributed by atoms with E-state index < -0.39 is 0 Å². The van der Waals surface area contributed by atoms with Gasteiger partial charge in [-0.1, -0.05) is 26.5 Å². The highest BCUT2D eigenvalue weighted by atomic mass is 14.9. The molecule has 1 aliphatic rings. The number of allylic oxidation sites excluding steroid dienone is 2. The summed E-state index contributed by atoms with van der Waals surface area (Å²) in [5.74, 6) is 2.48. The van der Waals surface area contributed by atoms with Crippen LogP contribution in [0.15, 0.2) is 24.6 Å². The zero-order chi connectivity index (χ0) is 10.6. The Balaban J connectivity index is 2.56. The smallest absolute Gasteiger partial charge is 0.0134 e. The van der Waals surface area contributed by atoms with Crippen molar-refractivity contribution in [3.63, 3.8) is 0 Å². The Hall–Kier alpha value is -0.720. The second kappa shape index (κ2) is 5.23. The Kier molecular flexibility index (Phi) is 4.24. The monoisotopic (exact) mass is 193 g/mol. The zero-order valence-corrected chi connectivity index (χ0v) is 9.72. The highest BCUT2D eigenvalue weighted by Gasteiger charge is 2.26. The fourth-order valence-corrected chi connectivity index (χ4v) is 2.38. The SMILES string of the molecule is C=CN/C(=C\C)C1CCC(C)C(C)C1. The molecule has 0 aromatic heterocycles. The molecule has 1 saturated carbocycles. The van der Waals surface area contributed by atoms with Gasteiger partial charge in [-0.2, -0.15) is 0 Å². The third-order valence-corrected chi connectivity index (χ3v) is 3.62. The lowest BCUT2D eigenvalue weighted by molar-refractivity contribution is 0.226. The summed E-state index contributed by atoms with van der Waals surface area (Å²) in [6, 6.07) is 0. The molecule has 1 aliphatic carbocycles. The van der Waals surface area contributed by atoms with Crippen LogP contribution in [0.25, 0.3) is 0 Å². The first kappa shape index (κ1) is 11.4. The zero-order valence-electron chi connectivity index (χ0n) is 9.72. The van der Waals surface area contributed by atoms with Gasteiger partial charge in [-0.05, 0) is 50.1 Å². The van der Waals surface area contributed by atoms with Gasteiger partial charge in [-0.3, -0.25) is 0 Å². The van der Waals surface area contributed by atoms with E-state index in [9.17, 15) is 0 Å². The summed E-state index contributed by atoms with van der Waals surface area (Å²) in [6.45, 7) is 10.6. The van der Waals surface area contributed by atoms with Crippen LogP contribution < -0.4 is 5.32 Å². The molecule has 14 heavy (non-hydrogen) atoms. The first-order valence-electron chi connectivity index (χ1n) is 5.72. The van der Waals surface area contributed by atoms with Gasteiger partial charge in [-0.25, -0.2) is 0 Å². The summed E-state index contributed by atoms with van der Waals surface area (Å²) in [7, 11) is 0. The highest BCUT2D eigenvalue weighted by Crippen LogP contribution is 2.36. The van der Waals surface area contributed by atoms with Crippen LogP contribution >= 0.6 is 0 Å².